The first-order valence-corrected chi connectivity index (χ1v) is 7.34. The molecule has 1 amide bonds. The van der Waals surface area contributed by atoms with Gasteiger partial charge in [0.2, 0.25) is 5.91 Å². The van der Waals surface area contributed by atoms with Gasteiger partial charge in [0.1, 0.15) is 0 Å². The molecule has 1 aromatic carbocycles. The molecule has 0 aromatic heterocycles. The lowest BCUT2D eigenvalue weighted by Crippen LogP contribution is -2.33. The van der Waals surface area contributed by atoms with Gasteiger partial charge in [-0.1, -0.05) is 24.6 Å². The van der Waals surface area contributed by atoms with E-state index in [0.29, 0.717) is 32.7 Å². The van der Waals surface area contributed by atoms with Crippen molar-refractivity contribution in [1.29, 1.82) is 0 Å². The maximum Gasteiger partial charge on any atom is 0.229 e. The lowest BCUT2D eigenvalue weighted by molar-refractivity contribution is -0.119. The molecule has 1 aromatic rings. The first-order chi connectivity index (χ1) is 9.69. The Morgan fingerprint density at radius 1 is 1.25 bits per heavy atom. The van der Waals surface area contributed by atoms with Gasteiger partial charge in [0.15, 0.2) is 0 Å². The number of nitrogens with two attached hydrogens (primary N) is 1. The van der Waals surface area contributed by atoms with Crippen LogP contribution < -0.4 is 10.6 Å². The Morgan fingerprint density at radius 2 is 1.95 bits per heavy atom. The Kier molecular flexibility index (Phi) is 7.92. The predicted octanol–water partition coefficient (Wildman–Crippen LogP) is 2.49. The van der Waals surface area contributed by atoms with Gasteiger partial charge >= 0.3 is 0 Å². The minimum atomic E-state index is 0.0957. The van der Waals surface area contributed by atoms with Crippen molar-refractivity contribution >= 4 is 11.6 Å². The third kappa shape index (κ3) is 5.72. The van der Waals surface area contributed by atoms with Crippen molar-refractivity contribution in [3.05, 3.63) is 29.8 Å². The molecule has 0 spiro atoms. The molecule has 0 bridgehead atoms. The number of carbonyl (C=O) groups is 1. The fourth-order valence-electron chi connectivity index (χ4n) is 1.91. The van der Waals surface area contributed by atoms with E-state index in [1.807, 2.05) is 36.1 Å². The average Bonchev–Trinajstić information content (AvgIpc) is 2.46. The molecular formula is C16H26N2O2. The lowest BCUT2D eigenvalue weighted by atomic mass is 10.2. The lowest BCUT2D eigenvalue weighted by Gasteiger charge is -2.23. The molecule has 1 rings (SSSR count). The van der Waals surface area contributed by atoms with E-state index >= 15 is 0 Å². The molecule has 20 heavy (non-hydrogen) atoms. The van der Waals surface area contributed by atoms with Crippen molar-refractivity contribution in [2.45, 2.75) is 33.1 Å². The molecule has 0 aliphatic rings. The second-order valence-corrected chi connectivity index (χ2v) is 4.89. The van der Waals surface area contributed by atoms with E-state index in [2.05, 4.69) is 6.92 Å². The van der Waals surface area contributed by atoms with E-state index in [1.165, 1.54) is 5.56 Å². The van der Waals surface area contributed by atoms with Crippen molar-refractivity contribution in [2.24, 2.45) is 5.73 Å². The molecule has 0 radical (unpaired) electrons. The minimum Gasteiger partial charge on any atom is -0.381 e. The Labute approximate surface area is 121 Å². The van der Waals surface area contributed by atoms with Gasteiger partial charge in [-0.25, -0.2) is 0 Å². The number of anilines is 1. The predicted molar refractivity (Wildman–Crippen MR) is 82.9 cm³/mol. The highest BCUT2D eigenvalue weighted by atomic mass is 16.5. The normalized spacial score (nSPS) is 10.6. The summed E-state index contributed by atoms with van der Waals surface area (Å²) in [4.78, 5) is 14.1. The summed E-state index contributed by atoms with van der Waals surface area (Å²) in [6.07, 6.45) is 2.19. The number of amides is 1. The second-order valence-electron chi connectivity index (χ2n) is 4.89. The van der Waals surface area contributed by atoms with Crippen LogP contribution in [0.1, 0.15) is 31.7 Å². The van der Waals surface area contributed by atoms with Crippen molar-refractivity contribution in [1.82, 2.24) is 0 Å². The van der Waals surface area contributed by atoms with Gasteiger partial charge in [0.05, 0.1) is 13.0 Å². The first kappa shape index (κ1) is 16.7. The molecule has 0 aliphatic carbocycles. The third-order valence-electron chi connectivity index (χ3n) is 3.04. The van der Waals surface area contributed by atoms with E-state index < -0.39 is 0 Å². The molecule has 0 fully saturated rings. The molecule has 0 heterocycles. The van der Waals surface area contributed by atoms with Crippen molar-refractivity contribution in [2.75, 3.05) is 31.2 Å². The number of aryl methyl sites for hydroxylation is 1. The molecule has 0 saturated heterocycles. The Bertz CT molecular complexity index is 390. The van der Waals surface area contributed by atoms with E-state index in [4.69, 9.17) is 10.5 Å². The van der Waals surface area contributed by atoms with Gasteiger partial charge in [0.25, 0.3) is 0 Å². The SMILES string of the molecule is CCCOCCC(=O)N(CCCN)c1ccc(C)cc1. The van der Waals surface area contributed by atoms with Crippen LogP contribution in [0.25, 0.3) is 0 Å². The zero-order valence-electron chi connectivity index (χ0n) is 12.6. The van der Waals surface area contributed by atoms with Crippen molar-refractivity contribution < 1.29 is 9.53 Å². The number of ether oxygens (including phenoxy) is 1. The summed E-state index contributed by atoms with van der Waals surface area (Å²) in [5.74, 6) is 0.0957. The molecule has 4 nitrogen and oxygen atoms in total. The van der Waals surface area contributed by atoms with Gasteiger partial charge in [-0.2, -0.15) is 0 Å². The molecule has 112 valence electrons. The average molecular weight is 278 g/mol. The Hall–Kier alpha value is -1.39. The number of carbonyl (C=O) groups excluding carboxylic acids is 1. The van der Waals surface area contributed by atoms with E-state index in [1.54, 1.807) is 0 Å². The van der Waals surface area contributed by atoms with Crippen LogP contribution in [-0.2, 0) is 9.53 Å². The zero-order valence-corrected chi connectivity index (χ0v) is 12.6. The van der Waals surface area contributed by atoms with Crippen molar-refractivity contribution in [3.63, 3.8) is 0 Å². The van der Waals surface area contributed by atoms with Crippen LogP contribution in [0.3, 0.4) is 0 Å². The number of benzene rings is 1. The molecule has 0 aliphatic heterocycles. The van der Waals surface area contributed by atoms with E-state index in [9.17, 15) is 4.79 Å². The van der Waals surface area contributed by atoms with Crippen LogP contribution in [0, 0.1) is 6.92 Å². The second kappa shape index (κ2) is 9.50. The van der Waals surface area contributed by atoms with E-state index in [0.717, 1.165) is 18.5 Å². The molecular weight excluding hydrogens is 252 g/mol. The fourth-order valence-corrected chi connectivity index (χ4v) is 1.91. The maximum atomic E-state index is 12.3. The summed E-state index contributed by atoms with van der Waals surface area (Å²) in [5, 5.41) is 0. The van der Waals surface area contributed by atoms with Crippen LogP contribution in [0.4, 0.5) is 5.69 Å². The quantitative estimate of drug-likeness (QED) is 0.706. The number of nitrogens with zero attached hydrogens (tertiary/aromatic N) is 1. The van der Waals surface area contributed by atoms with E-state index in [-0.39, 0.29) is 5.91 Å². The zero-order chi connectivity index (χ0) is 14.8. The van der Waals surface area contributed by atoms with Crippen LogP contribution in [0.5, 0.6) is 0 Å². The van der Waals surface area contributed by atoms with Gasteiger partial charge in [0, 0.05) is 18.8 Å². The van der Waals surface area contributed by atoms with Gasteiger partial charge in [-0.15, -0.1) is 0 Å². The standard InChI is InChI=1S/C16H26N2O2/c1-3-12-20-13-9-16(19)18(11-4-10-17)15-7-5-14(2)6-8-15/h5-8H,3-4,9-13,17H2,1-2H3. The first-order valence-electron chi connectivity index (χ1n) is 7.34. The summed E-state index contributed by atoms with van der Waals surface area (Å²) in [7, 11) is 0. The fraction of sp³-hybridized carbons (Fsp3) is 0.562. The summed E-state index contributed by atoms with van der Waals surface area (Å²) in [5.41, 5.74) is 7.68. The highest BCUT2D eigenvalue weighted by molar-refractivity contribution is 5.93. The van der Waals surface area contributed by atoms with Gasteiger partial charge in [-0.05, 0) is 38.4 Å². The molecule has 0 unspecified atom stereocenters. The largest absolute Gasteiger partial charge is 0.381 e. The van der Waals surface area contributed by atoms with Crippen molar-refractivity contribution in [3.8, 4) is 0 Å². The van der Waals surface area contributed by atoms with Gasteiger partial charge < -0.3 is 15.4 Å². The topological polar surface area (TPSA) is 55.6 Å². The van der Waals surface area contributed by atoms with Crippen LogP contribution in [-0.4, -0.2) is 32.2 Å². The summed E-state index contributed by atoms with van der Waals surface area (Å²) in [6.45, 7) is 6.53. The van der Waals surface area contributed by atoms with Crippen LogP contribution >= 0.6 is 0 Å². The molecule has 4 heteroatoms. The smallest absolute Gasteiger partial charge is 0.229 e. The molecule has 0 saturated carbocycles. The highest BCUT2D eigenvalue weighted by Crippen LogP contribution is 2.16. The molecule has 0 atom stereocenters. The molecule has 2 N–H and O–H groups in total. The summed E-state index contributed by atoms with van der Waals surface area (Å²) < 4.78 is 5.39. The van der Waals surface area contributed by atoms with Crippen LogP contribution in [0.2, 0.25) is 0 Å². The Balaban J connectivity index is 2.62. The Morgan fingerprint density at radius 3 is 2.55 bits per heavy atom. The maximum absolute atomic E-state index is 12.3. The number of hydrogen-bond acceptors (Lipinski definition) is 3. The minimum absolute atomic E-state index is 0.0957. The summed E-state index contributed by atoms with van der Waals surface area (Å²) in [6, 6.07) is 8.00. The number of rotatable bonds is 9. The number of hydrogen-bond donors (Lipinski definition) is 1. The highest BCUT2D eigenvalue weighted by Gasteiger charge is 2.14. The third-order valence-corrected chi connectivity index (χ3v) is 3.04. The summed E-state index contributed by atoms with van der Waals surface area (Å²) >= 11 is 0. The monoisotopic (exact) mass is 278 g/mol. The van der Waals surface area contributed by atoms with Crippen LogP contribution in [0.15, 0.2) is 24.3 Å². The van der Waals surface area contributed by atoms with Gasteiger partial charge in [-0.3, -0.25) is 4.79 Å².